The average Bonchev–Trinajstić information content (AvgIpc) is 3.83. The van der Waals surface area contributed by atoms with Crippen molar-refractivity contribution in [1.29, 1.82) is 0 Å². The highest BCUT2D eigenvalue weighted by atomic mass is 16.3. The summed E-state index contributed by atoms with van der Waals surface area (Å²) >= 11 is 0. The molecule has 0 spiro atoms. The van der Waals surface area contributed by atoms with Gasteiger partial charge in [-0.05, 0) is 71.4 Å². The van der Waals surface area contributed by atoms with Crippen LogP contribution in [0.2, 0.25) is 0 Å². The molecule has 0 N–H and O–H groups in total. The van der Waals surface area contributed by atoms with Gasteiger partial charge in [0.1, 0.15) is 33.5 Å². The van der Waals surface area contributed by atoms with Crippen LogP contribution in [0.3, 0.4) is 0 Å². The molecule has 3 aromatic heterocycles. The third-order valence-electron chi connectivity index (χ3n) is 9.82. The normalized spacial score (nSPS) is 12.2. The minimum atomic E-state index is 0.822. The molecule has 8 aromatic carbocycles. The Kier molecular flexibility index (Phi) is 5.08. The van der Waals surface area contributed by atoms with Crippen molar-refractivity contribution in [2.24, 2.45) is 0 Å². The van der Waals surface area contributed by atoms with Gasteiger partial charge in [-0.25, -0.2) is 0 Å². The van der Waals surface area contributed by atoms with Gasteiger partial charge in [-0.1, -0.05) is 84.9 Å². The number of fused-ring (bicyclic) bond motifs is 14. The first-order valence-corrected chi connectivity index (χ1v) is 16.2. The fourth-order valence-corrected chi connectivity index (χ4v) is 7.71. The van der Waals surface area contributed by atoms with Gasteiger partial charge in [-0.15, -0.1) is 0 Å². The van der Waals surface area contributed by atoms with Gasteiger partial charge >= 0.3 is 0 Å². The molecule has 0 aliphatic rings. The Morgan fingerprint density at radius 3 is 1.75 bits per heavy atom. The summed E-state index contributed by atoms with van der Waals surface area (Å²) in [6, 6.07) is 52.9. The lowest BCUT2D eigenvalue weighted by molar-refractivity contribution is 0.664. The molecule has 224 valence electrons. The van der Waals surface area contributed by atoms with E-state index in [1.165, 1.54) is 5.39 Å². The summed E-state index contributed by atoms with van der Waals surface area (Å²) in [5, 5.41) is 11.0. The van der Waals surface area contributed by atoms with E-state index in [9.17, 15) is 0 Å². The van der Waals surface area contributed by atoms with Crippen LogP contribution in [0.25, 0.3) is 87.4 Å². The van der Waals surface area contributed by atoms with Gasteiger partial charge in [0.15, 0.2) is 0 Å². The molecular formula is C44H25NO3. The van der Waals surface area contributed by atoms with Gasteiger partial charge in [0.05, 0.1) is 11.1 Å². The highest BCUT2D eigenvalue weighted by molar-refractivity contribution is 6.30. The van der Waals surface area contributed by atoms with Crippen LogP contribution in [0.5, 0.6) is 0 Å². The van der Waals surface area contributed by atoms with Gasteiger partial charge < -0.3 is 18.2 Å². The van der Waals surface area contributed by atoms with E-state index in [4.69, 9.17) is 13.3 Å². The molecule has 0 radical (unpaired) electrons. The van der Waals surface area contributed by atoms with Crippen LogP contribution in [0, 0.1) is 0 Å². The first kappa shape index (κ1) is 25.6. The number of hydrogen-bond acceptors (Lipinski definition) is 4. The van der Waals surface area contributed by atoms with Gasteiger partial charge in [0, 0.05) is 55.1 Å². The van der Waals surface area contributed by atoms with Crippen molar-refractivity contribution < 1.29 is 13.3 Å². The number of nitrogens with zero attached hydrogens (tertiary/aromatic N) is 1. The van der Waals surface area contributed by atoms with Crippen LogP contribution in [-0.4, -0.2) is 0 Å². The molecule has 0 bridgehead atoms. The summed E-state index contributed by atoms with van der Waals surface area (Å²) in [4.78, 5) is 2.30. The minimum absolute atomic E-state index is 0.822. The maximum absolute atomic E-state index is 6.64. The van der Waals surface area contributed by atoms with E-state index in [2.05, 4.69) is 144 Å². The van der Waals surface area contributed by atoms with E-state index in [0.717, 1.165) is 99.0 Å². The molecule has 0 amide bonds. The van der Waals surface area contributed by atoms with Crippen molar-refractivity contribution in [2.75, 3.05) is 4.90 Å². The Hall–Kier alpha value is -6.52. The molecule has 4 heteroatoms. The molecule has 4 nitrogen and oxygen atoms in total. The molecule has 0 unspecified atom stereocenters. The molecule has 0 saturated carbocycles. The predicted molar refractivity (Wildman–Crippen MR) is 198 cm³/mol. The first-order chi connectivity index (χ1) is 23.8. The number of benzene rings is 8. The molecule has 48 heavy (non-hydrogen) atoms. The molecular weight excluding hydrogens is 590 g/mol. The summed E-state index contributed by atoms with van der Waals surface area (Å²) in [5.41, 5.74) is 8.19. The Morgan fingerprint density at radius 1 is 0.333 bits per heavy atom. The zero-order valence-electron chi connectivity index (χ0n) is 25.6. The van der Waals surface area contributed by atoms with Crippen LogP contribution in [-0.2, 0) is 0 Å². The number of rotatable bonds is 3. The smallest absolute Gasteiger partial charge is 0.143 e. The third-order valence-corrected chi connectivity index (χ3v) is 9.82. The third kappa shape index (κ3) is 3.49. The Bertz CT molecular complexity index is 3070. The highest BCUT2D eigenvalue weighted by Crippen LogP contribution is 2.48. The topological polar surface area (TPSA) is 42.7 Å². The lowest BCUT2D eigenvalue weighted by Crippen LogP contribution is -2.10. The lowest BCUT2D eigenvalue weighted by atomic mass is 10.0. The van der Waals surface area contributed by atoms with Crippen molar-refractivity contribution in [1.82, 2.24) is 0 Å². The Labute approximate surface area is 273 Å². The van der Waals surface area contributed by atoms with Crippen molar-refractivity contribution in [3.8, 4) is 0 Å². The summed E-state index contributed by atoms with van der Waals surface area (Å²) in [6.45, 7) is 0. The largest absolute Gasteiger partial charge is 0.456 e. The van der Waals surface area contributed by atoms with Crippen molar-refractivity contribution in [3.05, 3.63) is 152 Å². The van der Waals surface area contributed by atoms with E-state index in [1.54, 1.807) is 0 Å². The monoisotopic (exact) mass is 615 g/mol. The second-order valence-corrected chi connectivity index (χ2v) is 12.4. The molecule has 3 heterocycles. The summed E-state index contributed by atoms with van der Waals surface area (Å²) in [7, 11) is 0. The molecule has 0 aliphatic carbocycles. The quantitative estimate of drug-likeness (QED) is 0.198. The van der Waals surface area contributed by atoms with Gasteiger partial charge in [-0.3, -0.25) is 0 Å². The number of anilines is 3. The SMILES string of the molecule is c1ccc(N(c2ccc3c(c2)oc2c4ccccc4ccc32)c2cccc3oc4ccc5oc6c7ccccc7ccc6c5c4c23)cc1. The maximum Gasteiger partial charge on any atom is 0.143 e. The fourth-order valence-electron chi connectivity index (χ4n) is 7.71. The Balaban J connectivity index is 1.22. The molecule has 0 atom stereocenters. The summed E-state index contributed by atoms with van der Waals surface area (Å²) in [5.74, 6) is 0. The molecule has 0 saturated heterocycles. The fraction of sp³-hybridized carbons (Fsp3) is 0. The lowest BCUT2D eigenvalue weighted by Gasteiger charge is -2.26. The van der Waals surface area contributed by atoms with Crippen molar-refractivity contribution >= 4 is 104 Å². The van der Waals surface area contributed by atoms with E-state index in [1.807, 2.05) is 12.1 Å². The van der Waals surface area contributed by atoms with E-state index in [0.29, 0.717) is 0 Å². The van der Waals surface area contributed by atoms with E-state index < -0.39 is 0 Å². The van der Waals surface area contributed by atoms with Crippen LogP contribution < -0.4 is 4.90 Å². The zero-order chi connectivity index (χ0) is 31.3. The summed E-state index contributed by atoms with van der Waals surface area (Å²) < 4.78 is 19.8. The van der Waals surface area contributed by atoms with Crippen LogP contribution in [0.4, 0.5) is 17.1 Å². The van der Waals surface area contributed by atoms with Gasteiger partial charge in [0.2, 0.25) is 0 Å². The molecule has 0 aliphatic heterocycles. The summed E-state index contributed by atoms with van der Waals surface area (Å²) in [6.07, 6.45) is 0. The average molecular weight is 616 g/mol. The molecule has 11 rings (SSSR count). The van der Waals surface area contributed by atoms with Crippen LogP contribution in [0.15, 0.2) is 165 Å². The van der Waals surface area contributed by atoms with E-state index in [-0.39, 0.29) is 0 Å². The maximum atomic E-state index is 6.64. The Morgan fingerprint density at radius 2 is 0.958 bits per heavy atom. The van der Waals surface area contributed by atoms with Crippen LogP contribution >= 0.6 is 0 Å². The highest BCUT2D eigenvalue weighted by Gasteiger charge is 2.24. The van der Waals surface area contributed by atoms with Gasteiger partial charge in [0.25, 0.3) is 0 Å². The molecule has 0 fully saturated rings. The van der Waals surface area contributed by atoms with Crippen molar-refractivity contribution in [3.63, 3.8) is 0 Å². The molecule has 11 aromatic rings. The standard InChI is InChI=1S/C44H25NO3/c1-2-11-28(12-3-1)45(29-19-22-32-33-20-17-26-9-4-6-13-30(26)43(33)48-39(32)25-29)35-15-8-16-36-41(35)42-38(46-36)24-23-37-40(42)34-21-18-27-10-5-7-14-31(27)44(34)47-37/h1-25H. The number of furan rings is 3. The number of hydrogen-bond donors (Lipinski definition) is 0. The second-order valence-electron chi connectivity index (χ2n) is 12.4. The van der Waals surface area contributed by atoms with Crippen molar-refractivity contribution in [2.45, 2.75) is 0 Å². The second kappa shape index (κ2) is 9.50. The first-order valence-electron chi connectivity index (χ1n) is 16.2. The minimum Gasteiger partial charge on any atom is -0.456 e. The van der Waals surface area contributed by atoms with E-state index >= 15 is 0 Å². The van der Waals surface area contributed by atoms with Crippen LogP contribution in [0.1, 0.15) is 0 Å². The zero-order valence-corrected chi connectivity index (χ0v) is 25.6. The van der Waals surface area contributed by atoms with Gasteiger partial charge in [-0.2, -0.15) is 0 Å². The predicted octanol–water partition coefficient (Wildman–Crippen LogP) is 13.2. The number of para-hydroxylation sites is 1.